The predicted molar refractivity (Wildman–Crippen MR) is 68.9 cm³/mol. The number of H-pyrrole nitrogens is 1. The lowest BCUT2D eigenvalue weighted by Gasteiger charge is -2.03. The minimum Gasteiger partial charge on any atom is -0.372 e. The van der Waals surface area contributed by atoms with Crippen LogP contribution in [0.1, 0.15) is 0 Å². The Morgan fingerprint density at radius 1 is 1.18 bits per heavy atom. The first-order valence-corrected chi connectivity index (χ1v) is 5.44. The molecule has 0 fully saturated rings. The quantitative estimate of drug-likeness (QED) is 0.703. The molecule has 0 aliphatic rings. The van der Waals surface area contributed by atoms with Crippen molar-refractivity contribution >= 4 is 16.7 Å². The maximum absolute atomic E-state index is 4.47. The number of aromatic amines is 1. The Balaban J connectivity index is 2.12. The smallest absolute Gasteiger partial charge is 0.144 e. The summed E-state index contributed by atoms with van der Waals surface area (Å²) in [7, 11) is 1.84. The van der Waals surface area contributed by atoms with Crippen molar-refractivity contribution in [1.29, 1.82) is 0 Å². The van der Waals surface area contributed by atoms with E-state index in [1.54, 1.807) is 12.4 Å². The summed E-state index contributed by atoms with van der Waals surface area (Å²) in [5.74, 6) is 0.775. The Morgan fingerprint density at radius 3 is 3.00 bits per heavy atom. The van der Waals surface area contributed by atoms with Gasteiger partial charge in [0.05, 0.1) is 18.1 Å². The molecule has 0 radical (unpaired) electrons. The maximum Gasteiger partial charge on any atom is 0.144 e. The molecule has 4 nitrogen and oxygen atoms in total. The number of aromatic nitrogens is 3. The van der Waals surface area contributed by atoms with Gasteiger partial charge in [-0.2, -0.15) is 0 Å². The zero-order valence-electron chi connectivity index (χ0n) is 9.44. The van der Waals surface area contributed by atoms with Crippen LogP contribution in [0.15, 0.2) is 42.9 Å². The summed E-state index contributed by atoms with van der Waals surface area (Å²) in [4.78, 5) is 11.8. The Morgan fingerprint density at radius 2 is 2.12 bits per heavy atom. The van der Waals surface area contributed by atoms with E-state index in [1.807, 2.05) is 25.4 Å². The average Bonchev–Trinajstić information content (AvgIpc) is 2.86. The Bertz CT molecular complexity index is 657. The van der Waals surface area contributed by atoms with Gasteiger partial charge in [0, 0.05) is 29.7 Å². The summed E-state index contributed by atoms with van der Waals surface area (Å²) in [5, 5.41) is 4.17. The van der Waals surface area contributed by atoms with Crippen LogP contribution in [-0.4, -0.2) is 22.0 Å². The zero-order valence-corrected chi connectivity index (χ0v) is 9.44. The van der Waals surface area contributed by atoms with E-state index in [0.717, 1.165) is 22.6 Å². The second kappa shape index (κ2) is 3.90. The summed E-state index contributed by atoms with van der Waals surface area (Å²) < 4.78 is 0. The van der Waals surface area contributed by atoms with Crippen LogP contribution in [0.2, 0.25) is 0 Å². The highest BCUT2D eigenvalue weighted by molar-refractivity contribution is 5.84. The molecule has 3 aromatic rings. The first-order valence-electron chi connectivity index (χ1n) is 5.44. The van der Waals surface area contributed by atoms with Crippen molar-refractivity contribution in [2.24, 2.45) is 0 Å². The fourth-order valence-corrected chi connectivity index (χ4v) is 1.84. The summed E-state index contributed by atoms with van der Waals surface area (Å²) in [6, 6.07) is 8.25. The molecule has 3 rings (SSSR count). The fraction of sp³-hybridized carbons (Fsp3) is 0.0769. The van der Waals surface area contributed by atoms with Gasteiger partial charge in [0.2, 0.25) is 0 Å². The minimum atomic E-state index is 0.775. The lowest BCUT2D eigenvalue weighted by Crippen LogP contribution is -1.94. The van der Waals surface area contributed by atoms with Crippen molar-refractivity contribution in [1.82, 2.24) is 15.0 Å². The Hall–Kier alpha value is -2.36. The monoisotopic (exact) mass is 224 g/mol. The van der Waals surface area contributed by atoms with Crippen LogP contribution in [0.5, 0.6) is 0 Å². The molecular weight excluding hydrogens is 212 g/mol. The lowest BCUT2D eigenvalue weighted by atomic mass is 10.1. The topological polar surface area (TPSA) is 53.6 Å². The highest BCUT2D eigenvalue weighted by Crippen LogP contribution is 2.22. The molecule has 0 saturated carbocycles. The van der Waals surface area contributed by atoms with Crippen LogP contribution in [0.4, 0.5) is 5.82 Å². The SMILES string of the molecule is CNc1cncc(-c2ccc3[nH]ccc3c2)n1. The molecule has 0 amide bonds. The number of benzene rings is 1. The molecular formula is C13H12N4. The standard InChI is InChI=1S/C13H12N4/c1-14-13-8-15-7-12(17-13)9-2-3-11-10(6-9)4-5-16-11/h2-8,16H,1H3,(H,14,17). The molecule has 4 heteroatoms. The number of hydrogen-bond acceptors (Lipinski definition) is 3. The van der Waals surface area contributed by atoms with Crippen LogP contribution in [0.25, 0.3) is 22.2 Å². The van der Waals surface area contributed by atoms with Crippen molar-refractivity contribution in [3.8, 4) is 11.3 Å². The van der Waals surface area contributed by atoms with Gasteiger partial charge in [0.15, 0.2) is 0 Å². The molecule has 84 valence electrons. The van der Waals surface area contributed by atoms with Crippen molar-refractivity contribution in [3.05, 3.63) is 42.9 Å². The van der Waals surface area contributed by atoms with Gasteiger partial charge < -0.3 is 10.3 Å². The van der Waals surface area contributed by atoms with E-state index in [9.17, 15) is 0 Å². The first kappa shape index (κ1) is 9.84. The number of nitrogens with one attached hydrogen (secondary N) is 2. The van der Waals surface area contributed by atoms with Crippen LogP contribution in [0.3, 0.4) is 0 Å². The number of nitrogens with zero attached hydrogens (tertiary/aromatic N) is 2. The summed E-state index contributed by atoms with van der Waals surface area (Å²) >= 11 is 0. The highest BCUT2D eigenvalue weighted by atomic mass is 15.0. The van der Waals surface area contributed by atoms with Crippen LogP contribution >= 0.6 is 0 Å². The summed E-state index contributed by atoms with van der Waals surface area (Å²) in [6.07, 6.45) is 5.41. The molecule has 1 aromatic carbocycles. The van der Waals surface area contributed by atoms with Gasteiger partial charge in [-0.3, -0.25) is 4.98 Å². The molecule has 0 aliphatic heterocycles. The second-order valence-electron chi connectivity index (χ2n) is 3.82. The van der Waals surface area contributed by atoms with Gasteiger partial charge in [-0.15, -0.1) is 0 Å². The summed E-state index contributed by atoms with van der Waals surface area (Å²) in [6.45, 7) is 0. The molecule has 0 unspecified atom stereocenters. The van der Waals surface area contributed by atoms with Crippen LogP contribution < -0.4 is 5.32 Å². The third-order valence-electron chi connectivity index (χ3n) is 2.74. The zero-order chi connectivity index (χ0) is 11.7. The van der Waals surface area contributed by atoms with E-state index in [-0.39, 0.29) is 0 Å². The molecule has 0 spiro atoms. The maximum atomic E-state index is 4.47. The largest absolute Gasteiger partial charge is 0.372 e. The molecule has 2 N–H and O–H groups in total. The van der Waals surface area contributed by atoms with Gasteiger partial charge in [-0.1, -0.05) is 6.07 Å². The molecule has 2 heterocycles. The van der Waals surface area contributed by atoms with Gasteiger partial charge in [-0.05, 0) is 18.2 Å². The van der Waals surface area contributed by atoms with Crippen LogP contribution in [-0.2, 0) is 0 Å². The predicted octanol–water partition coefficient (Wildman–Crippen LogP) is 2.67. The van der Waals surface area contributed by atoms with Crippen molar-refractivity contribution in [3.63, 3.8) is 0 Å². The van der Waals surface area contributed by atoms with E-state index in [0.29, 0.717) is 0 Å². The van der Waals surface area contributed by atoms with Crippen molar-refractivity contribution in [2.75, 3.05) is 12.4 Å². The van der Waals surface area contributed by atoms with E-state index in [1.165, 1.54) is 5.39 Å². The fourth-order valence-electron chi connectivity index (χ4n) is 1.84. The van der Waals surface area contributed by atoms with Gasteiger partial charge in [-0.25, -0.2) is 4.98 Å². The van der Waals surface area contributed by atoms with E-state index < -0.39 is 0 Å². The average molecular weight is 224 g/mol. The summed E-state index contributed by atoms with van der Waals surface area (Å²) in [5.41, 5.74) is 3.08. The van der Waals surface area contributed by atoms with E-state index in [2.05, 4.69) is 32.4 Å². The minimum absolute atomic E-state index is 0.775. The Labute approximate surface area is 98.7 Å². The highest BCUT2D eigenvalue weighted by Gasteiger charge is 2.03. The number of anilines is 1. The third-order valence-corrected chi connectivity index (χ3v) is 2.74. The number of rotatable bonds is 2. The van der Waals surface area contributed by atoms with E-state index in [4.69, 9.17) is 0 Å². The molecule has 0 bridgehead atoms. The first-order chi connectivity index (χ1) is 8.36. The third kappa shape index (κ3) is 1.73. The van der Waals surface area contributed by atoms with Gasteiger partial charge in [0.25, 0.3) is 0 Å². The molecule has 17 heavy (non-hydrogen) atoms. The lowest BCUT2D eigenvalue weighted by molar-refractivity contribution is 1.19. The normalized spacial score (nSPS) is 10.6. The molecule has 2 aromatic heterocycles. The molecule has 0 saturated heterocycles. The number of hydrogen-bond donors (Lipinski definition) is 2. The molecule has 0 aliphatic carbocycles. The molecule has 0 atom stereocenters. The van der Waals surface area contributed by atoms with Gasteiger partial charge in [0.1, 0.15) is 5.82 Å². The van der Waals surface area contributed by atoms with Gasteiger partial charge >= 0.3 is 0 Å². The van der Waals surface area contributed by atoms with Crippen molar-refractivity contribution < 1.29 is 0 Å². The van der Waals surface area contributed by atoms with E-state index >= 15 is 0 Å². The van der Waals surface area contributed by atoms with Crippen LogP contribution in [0, 0.1) is 0 Å². The van der Waals surface area contributed by atoms with Crippen molar-refractivity contribution in [2.45, 2.75) is 0 Å². The number of fused-ring (bicyclic) bond motifs is 1. The Kier molecular flexibility index (Phi) is 2.26. The second-order valence-corrected chi connectivity index (χ2v) is 3.82.